The Labute approximate surface area is 85.6 Å². The molecule has 1 aliphatic rings. The molecule has 0 saturated carbocycles. The number of amides is 2. The van der Waals surface area contributed by atoms with Gasteiger partial charge in [0.2, 0.25) is 0 Å². The number of carbonyl (C=O) groups is 1. The van der Waals surface area contributed by atoms with Gasteiger partial charge in [0, 0.05) is 26.7 Å². The Morgan fingerprint density at radius 1 is 1.64 bits per heavy atom. The molecule has 1 saturated heterocycles. The summed E-state index contributed by atoms with van der Waals surface area (Å²) >= 11 is 0. The van der Waals surface area contributed by atoms with Crippen LogP contribution in [0, 0.1) is 0 Å². The first-order valence-corrected chi connectivity index (χ1v) is 5.20. The summed E-state index contributed by atoms with van der Waals surface area (Å²) in [6.45, 7) is 6.15. The fourth-order valence-electron chi connectivity index (χ4n) is 1.52. The fraction of sp³-hybridized carbons (Fsp3) is 0.900. The predicted octanol–water partition coefficient (Wildman–Crippen LogP) is 1.22. The van der Waals surface area contributed by atoms with E-state index in [1.165, 1.54) is 0 Å². The molecular formula is C10H20N2O2. The van der Waals surface area contributed by atoms with Crippen LogP contribution in [-0.4, -0.2) is 43.3 Å². The lowest BCUT2D eigenvalue weighted by Gasteiger charge is -2.25. The highest BCUT2D eigenvalue weighted by Gasteiger charge is 2.30. The molecule has 1 unspecified atom stereocenters. The second kappa shape index (κ2) is 4.64. The van der Waals surface area contributed by atoms with Crippen molar-refractivity contribution in [3.8, 4) is 0 Å². The van der Waals surface area contributed by atoms with Crippen molar-refractivity contribution >= 4 is 6.03 Å². The molecule has 4 nitrogen and oxygen atoms in total. The Bertz CT molecular complexity index is 200. The second-order valence-electron chi connectivity index (χ2n) is 4.07. The number of hydrogen-bond donors (Lipinski definition) is 1. The van der Waals surface area contributed by atoms with Gasteiger partial charge < -0.3 is 15.0 Å². The molecule has 1 fully saturated rings. The van der Waals surface area contributed by atoms with E-state index in [2.05, 4.69) is 5.32 Å². The van der Waals surface area contributed by atoms with Crippen molar-refractivity contribution in [3.63, 3.8) is 0 Å². The number of carbonyl (C=O) groups excluding carboxylic acids is 1. The monoisotopic (exact) mass is 200 g/mol. The second-order valence-corrected chi connectivity index (χ2v) is 4.07. The van der Waals surface area contributed by atoms with Crippen LogP contribution in [0.4, 0.5) is 4.79 Å². The molecule has 0 radical (unpaired) electrons. The molecule has 0 spiro atoms. The summed E-state index contributed by atoms with van der Waals surface area (Å²) < 4.78 is 5.57. The normalized spacial score (nSPS) is 26.2. The minimum atomic E-state index is -0.149. The maximum Gasteiger partial charge on any atom is 0.317 e. The number of nitrogens with zero attached hydrogens (tertiary/aromatic N) is 1. The van der Waals surface area contributed by atoms with Crippen LogP contribution in [0.5, 0.6) is 0 Å². The summed E-state index contributed by atoms with van der Waals surface area (Å²) in [5.41, 5.74) is -0.149. The molecule has 14 heavy (non-hydrogen) atoms. The highest BCUT2D eigenvalue weighted by Crippen LogP contribution is 2.23. The molecular weight excluding hydrogens is 180 g/mol. The van der Waals surface area contributed by atoms with Gasteiger partial charge in [-0.3, -0.25) is 0 Å². The first-order valence-electron chi connectivity index (χ1n) is 5.20. The van der Waals surface area contributed by atoms with Crippen molar-refractivity contribution in [1.29, 1.82) is 0 Å². The SMILES string of the molecule is CCN(C)C(=O)NCC1(C)CCCO1. The molecule has 0 aromatic heterocycles. The third-order valence-electron chi connectivity index (χ3n) is 2.74. The van der Waals surface area contributed by atoms with E-state index >= 15 is 0 Å². The summed E-state index contributed by atoms with van der Waals surface area (Å²) in [7, 11) is 1.78. The van der Waals surface area contributed by atoms with Gasteiger partial charge in [-0.2, -0.15) is 0 Å². The molecule has 1 aliphatic heterocycles. The van der Waals surface area contributed by atoms with E-state index in [9.17, 15) is 4.79 Å². The van der Waals surface area contributed by atoms with Crippen LogP contribution in [0.15, 0.2) is 0 Å². The Morgan fingerprint density at radius 3 is 2.86 bits per heavy atom. The average molecular weight is 200 g/mol. The number of urea groups is 1. The summed E-state index contributed by atoms with van der Waals surface area (Å²) in [4.78, 5) is 13.1. The van der Waals surface area contributed by atoms with Crippen molar-refractivity contribution in [2.24, 2.45) is 0 Å². The minimum absolute atomic E-state index is 0.0239. The molecule has 2 amide bonds. The van der Waals surface area contributed by atoms with Gasteiger partial charge in [-0.1, -0.05) is 0 Å². The lowest BCUT2D eigenvalue weighted by molar-refractivity contribution is 0.0221. The van der Waals surface area contributed by atoms with Crippen molar-refractivity contribution in [1.82, 2.24) is 10.2 Å². The smallest absolute Gasteiger partial charge is 0.317 e. The maximum atomic E-state index is 11.4. The molecule has 0 aromatic carbocycles. The molecule has 82 valence electrons. The lowest BCUT2D eigenvalue weighted by Crippen LogP contribution is -2.45. The fourth-order valence-corrected chi connectivity index (χ4v) is 1.52. The van der Waals surface area contributed by atoms with Gasteiger partial charge >= 0.3 is 6.03 Å². The standard InChI is InChI=1S/C10H20N2O2/c1-4-12(3)9(13)11-8-10(2)6-5-7-14-10/h4-8H2,1-3H3,(H,11,13). The maximum absolute atomic E-state index is 11.4. The van der Waals surface area contributed by atoms with Crippen LogP contribution in [0.2, 0.25) is 0 Å². The van der Waals surface area contributed by atoms with E-state index in [-0.39, 0.29) is 11.6 Å². The van der Waals surface area contributed by atoms with Gasteiger partial charge in [-0.25, -0.2) is 4.79 Å². The van der Waals surface area contributed by atoms with Crippen LogP contribution in [0.1, 0.15) is 26.7 Å². The van der Waals surface area contributed by atoms with Gasteiger partial charge in [0.1, 0.15) is 0 Å². The van der Waals surface area contributed by atoms with Gasteiger partial charge in [-0.05, 0) is 26.7 Å². The topological polar surface area (TPSA) is 41.6 Å². The first kappa shape index (κ1) is 11.3. The van der Waals surface area contributed by atoms with Crippen LogP contribution < -0.4 is 5.32 Å². The summed E-state index contributed by atoms with van der Waals surface area (Å²) in [6, 6.07) is -0.0239. The van der Waals surface area contributed by atoms with Crippen molar-refractivity contribution < 1.29 is 9.53 Å². The Kier molecular flexibility index (Phi) is 3.75. The van der Waals surface area contributed by atoms with E-state index in [0.717, 1.165) is 26.0 Å². The third-order valence-corrected chi connectivity index (χ3v) is 2.74. The van der Waals surface area contributed by atoms with Gasteiger partial charge in [0.05, 0.1) is 5.60 Å². The molecule has 1 rings (SSSR count). The zero-order valence-electron chi connectivity index (χ0n) is 9.30. The Hall–Kier alpha value is -0.770. The summed E-state index contributed by atoms with van der Waals surface area (Å²) in [5.74, 6) is 0. The van der Waals surface area contributed by atoms with E-state index < -0.39 is 0 Å². The first-order chi connectivity index (χ1) is 6.57. The largest absolute Gasteiger partial charge is 0.373 e. The molecule has 0 aromatic rings. The number of rotatable bonds is 3. The molecule has 0 aliphatic carbocycles. The van der Waals surface area contributed by atoms with Crippen LogP contribution in [0.3, 0.4) is 0 Å². The zero-order valence-corrected chi connectivity index (χ0v) is 9.30. The highest BCUT2D eigenvalue weighted by molar-refractivity contribution is 5.73. The van der Waals surface area contributed by atoms with E-state index in [1.807, 2.05) is 13.8 Å². The van der Waals surface area contributed by atoms with E-state index in [4.69, 9.17) is 4.74 Å². The average Bonchev–Trinajstić information content (AvgIpc) is 2.61. The highest BCUT2D eigenvalue weighted by atomic mass is 16.5. The number of nitrogens with one attached hydrogen (secondary N) is 1. The molecule has 4 heteroatoms. The summed E-state index contributed by atoms with van der Waals surface area (Å²) in [6.07, 6.45) is 2.12. The van der Waals surface area contributed by atoms with Crippen molar-refractivity contribution in [2.45, 2.75) is 32.3 Å². The van der Waals surface area contributed by atoms with Crippen LogP contribution >= 0.6 is 0 Å². The lowest BCUT2D eigenvalue weighted by atomic mass is 10.0. The van der Waals surface area contributed by atoms with Crippen LogP contribution in [0.25, 0.3) is 0 Å². The number of ether oxygens (including phenoxy) is 1. The van der Waals surface area contributed by atoms with Crippen molar-refractivity contribution in [3.05, 3.63) is 0 Å². The molecule has 1 heterocycles. The third kappa shape index (κ3) is 2.87. The van der Waals surface area contributed by atoms with E-state index in [1.54, 1.807) is 11.9 Å². The summed E-state index contributed by atoms with van der Waals surface area (Å²) in [5, 5.41) is 2.88. The van der Waals surface area contributed by atoms with Crippen LogP contribution in [-0.2, 0) is 4.74 Å². The van der Waals surface area contributed by atoms with Gasteiger partial charge in [0.15, 0.2) is 0 Å². The Morgan fingerprint density at radius 2 is 2.36 bits per heavy atom. The molecule has 1 atom stereocenters. The van der Waals surface area contributed by atoms with E-state index in [0.29, 0.717) is 6.54 Å². The molecule has 1 N–H and O–H groups in total. The zero-order chi connectivity index (χ0) is 10.6. The Balaban J connectivity index is 2.29. The quantitative estimate of drug-likeness (QED) is 0.744. The van der Waals surface area contributed by atoms with Gasteiger partial charge in [-0.15, -0.1) is 0 Å². The van der Waals surface area contributed by atoms with Gasteiger partial charge in [0.25, 0.3) is 0 Å². The number of hydrogen-bond acceptors (Lipinski definition) is 2. The predicted molar refractivity (Wildman–Crippen MR) is 55.3 cm³/mol. The molecule has 0 bridgehead atoms. The van der Waals surface area contributed by atoms with Crippen molar-refractivity contribution in [2.75, 3.05) is 26.7 Å². The minimum Gasteiger partial charge on any atom is -0.373 e.